The summed E-state index contributed by atoms with van der Waals surface area (Å²) in [6.45, 7) is 2.62. The molecule has 0 aromatic carbocycles. The molecule has 0 spiro atoms. The zero-order valence-corrected chi connectivity index (χ0v) is 7.23. The molecule has 0 saturated carbocycles. The fourth-order valence-electron chi connectivity index (χ4n) is 0.914. The van der Waals surface area contributed by atoms with Crippen LogP contribution in [0.4, 0.5) is 0 Å². The summed E-state index contributed by atoms with van der Waals surface area (Å²) in [6.07, 6.45) is 1.58. The molecule has 70 valence electrons. The van der Waals surface area contributed by atoms with Gasteiger partial charge in [0.05, 0.1) is 12.1 Å². The van der Waals surface area contributed by atoms with Gasteiger partial charge in [0, 0.05) is 12.7 Å². The van der Waals surface area contributed by atoms with E-state index in [1.807, 2.05) is 6.92 Å². The molecule has 13 heavy (non-hydrogen) atoms. The van der Waals surface area contributed by atoms with E-state index >= 15 is 0 Å². The summed E-state index contributed by atoms with van der Waals surface area (Å²) < 4.78 is 1.64. The third-order valence-electron chi connectivity index (χ3n) is 1.60. The molecule has 0 bridgehead atoms. The van der Waals surface area contributed by atoms with Gasteiger partial charge in [0.25, 0.3) is 0 Å². The minimum absolute atomic E-state index is 0.137. The van der Waals surface area contributed by atoms with Gasteiger partial charge in [0.2, 0.25) is 5.78 Å². The number of carboxylic acid groups (broad SMARTS) is 1. The van der Waals surface area contributed by atoms with Crippen molar-refractivity contribution >= 4 is 11.8 Å². The van der Waals surface area contributed by atoms with Crippen molar-refractivity contribution in [3.05, 3.63) is 18.0 Å². The molecule has 0 fully saturated rings. The van der Waals surface area contributed by atoms with Crippen molar-refractivity contribution in [3.8, 4) is 0 Å². The summed E-state index contributed by atoms with van der Waals surface area (Å²) in [5, 5.41) is 12.3. The highest BCUT2D eigenvalue weighted by Crippen LogP contribution is 1.97. The van der Waals surface area contributed by atoms with Gasteiger partial charge in [-0.3, -0.25) is 9.48 Å². The van der Waals surface area contributed by atoms with Gasteiger partial charge in [-0.05, 0) is 13.0 Å². The Morgan fingerprint density at radius 1 is 1.62 bits per heavy atom. The van der Waals surface area contributed by atoms with Crippen LogP contribution in [0.2, 0.25) is 0 Å². The highest BCUT2D eigenvalue weighted by atomic mass is 16.4. The third kappa shape index (κ3) is 2.40. The van der Waals surface area contributed by atoms with Crippen LogP contribution in [0.25, 0.3) is 0 Å². The van der Waals surface area contributed by atoms with Crippen LogP contribution in [0.15, 0.2) is 12.3 Å². The Labute approximate surface area is 75.0 Å². The lowest BCUT2D eigenvalue weighted by Gasteiger charge is -1.92. The minimum atomic E-state index is -1.41. The second kappa shape index (κ2) is 3.84. The Kier molecular flexibility index (Phi) is 2.79. The Balaban J connectivity index is 2.64. The molecule has 0 radical (unpaired) electrons. The van der Waals surface area contributed by atoms with Crippen LogP contribution in [0.3, 0.4) is 0 Å². The van der Waals surface area contributed by atoms with E-state index < -0.39 is 11.8 Å². The fourth-order valence-corrected chi connectivity index (χ4v) is 0.914. The number of rotatable bonds is 4. The van der Waals surface area contributed by atoms with Gasteiger partial charge in [0.15, 0.2) is 0 Å². The molecule has 5 heteroatoms. The number of aryl methyl sites for hydroxylation is 1. The van der Waals surface area contributed by atoms with Crippen molar-refractivity contribution in [2.45, 2.75) is 19.9 Å². The molecule has 1 rings (SSSR count). The number of aliphatic carboxylic acids is 1. The summed E-state index contributed by atoms with van der Waals surface area (Å²) in [6, 6.07) is 1.64. The van der Waals surface area contributed by atoms with E-state index in [2.05, 4.69) is 5.10 Å². The molecule has 1 aromatic rings. The number of aromatic nitrogens is 2. The van der Waals surface area contributed by atoms with E-state index in [-0.39, 0.29) is 6.42 Å². The highest BCUT2D eigenvalue weighted by molar-refractivity contribution is 6.33. The van der Waals surface area contributed by atoms with E-state index in [0.717, 1.165) is 0 Å². The molecule has 0 unspecified atom stereocenters. The van der Waals surface area contributed by atoms with Crippen molar-refractivity contribution in [3.63, 3.8) is 0 Å². The minimum Gasteiger partial charge on any atom is -0.475 e. The quantitative estimate of drug-likeness (QED) is 0.670. The molecule has 1 heterocycles. The Morgan fingerprint density at radius 3 is 2.77 bits per heavy atom. The van der Waals surface area contributed by atoms with Gasteiger partial charge in [-0.2, -0.15) is 5.10 Å². The fraction of sp³-hybridized carbons (Fsp3) is 0.375. The van der Waals surface area contributed by atoms with Crippen LogP contribution in [0.1, 0.15) is 12.6 Å². The number of hydrogen-bond acceptors (Lipinski definition) is 3. The highest BCUT2D eigenvalue weighted by Gasteiger charge is 2.13. The summed E-state index contributed by atoms with van der Waals surface area (Å²) in [4.78, 5) is 21.0. The molecule has 0 amide bonds. The summed E-state index contributed by atoms with van der Waals surface area (Å²) >= 11 is 0. The maximum atomic E-state index is 10.8. The number of nitrogens with zero attached hydrogens (tertiary/aromatic N) is 2. The number of carboxylic acids is 1. The smallest absolute Gasteiger partial charge is 0.372 e. The second-order valence-electron chi connectivity index (χ2n) is 2.57. The molecule has 0 saturated heterocycles. The van der Waals surface area contributed by atoms with Crippen LogP contribution in [0.5, 0.6) is 0 Å². The molecule has 5 nitrogen and oxygen atoms in total. The van der Waals surface area contributed by atoms with E-state index in [4.69, 9.17) is 5.11 Å². The van der Waals surface area contributed by atoms with Gasteiger partial charge < -0.3 is 5.11 Å². The van der Waals surface area contributed by atoms with E-state index in [9.17, 15) is 9.59 Å². The van der Waals surface area contributed by atoms with E-state index in [1.54, 1.807) is 16.9 Å². The van der Waals surface area contributed by atoms with Crippen LogP contribution in [-0.2, 0) is 22.6 Å². The molecule has 1 aromatic heterocycles. The first-order chi connectivity index (χ1) is 6.13. The van der Waals surface area contributed by atoms with Gasteiger partial charge in [-0.25, -0.2) is 4.79 Å². The lowest BCUT2D eigenvalue weighted by molar-refractivity contribution is -0.148. The predicted octanol–water partition coefficient (Wildman–Crippen LogP) is 0.0992. The standard InChI is InChI=1S/C8H10N2O3/c1-2-10-4-3-6(9-10)5-7(11)8(12)13/h3-4H,2,5H2,1H3,(H,12,13). The first-order valence-electron chi connectivity index (χ1n) is 3.92. The van der Waals surface area contributed by atoms with Crippen LogP contribution >= 0.6 is 0 Å². The van der Waals surface area contributed by atoms with E-state index in [1.165, 1.54) is 0 Å². The van der Waals surface area contributed by atoms with Crippen molar-refractivity contribution in [2.24, 2.45) is 0 Å². The number of carbonyl (C=O) groups excluding carboxylic acids is 1. The number of carbonyl (C=O) groups is 2. The molecule has 0 atom stereocenters. The zero-order valence-electron chi connectivity index (χ0n) is 7.23. The van der Waals surface area contributed by atoms with Crippen molar-refractivity contribution in [1.82, 2.24) is 9.78 Å². The lowest BCUT2D eigenvalue weighted by atomic mass is 10.2. The van der Waals surface area contributed by atoms with Crippen molar-refractivity contribution < 1.29 is 14.7 Å². The number of hydrogen-bond donors (Lipinski definition) is 1. The lowest BCUT2D eigenvalue weighted by Crippen LogP contribution is -2.15. The summed E-state index contributed by atoms with van der Waals surface area (Å²) in [7, 11) is 0. The molecule has 0 aliphatic carbocycles. The molecular weight excluding hydrogens is 172 g/mol. The normalized spacial score (nSPS) is 9.92. The first-order valence-corrected chi connectivity index (χ1v) is 3.92. The average molecular weight is 182 g/mol. The summed E-state index contributed by atoms with van der Waals surface area (Å²) in [5.74, 6) is -2.24. The molecule has 1 N–H and O–H groups in total. The van der Waals surface area contributed by atoms with Crippen LogP contribution in [0, 0.1) is 0 Å². The van der Waals surface area contributed by atoms with Crippen LogP contribution in [-0.4, -0.2) is 26.6 Å². The van der Waals surface area contributed by atoms with E-state index in [0.29, 0.717) is 12.2 Å². The topological polar surface area (TPSA) is 72.2 Å². The molecule has 0 aliphatic rings. The molecule has 0 aliphatic heterocycles. The average Bonchev–Trinajstić information content (AvgIpc) is 2.52. The van der Waals surface area contributed by atoms with Gasteiger partial charge in [-0.15, -0.1) is 0 Å². The second-order valence-corrected chi connectivity index (χ2v) is 2.57. The maximum absolute atomic E-state index is 10.8. The van der Waals surface area contributed by atoms with Gasteiger partial charge >= 0.3 is 5.97 Å². The third-order valence-corrected chi connectivity index (χ3v) is 1.60. The predicted molar refractivity (Wildman–Crippen MR) is 44.2 cm³/mol. The zero-order chi connectivity index (χ0) is 9.84. The Morgan fingerprint density at radius 2 is 2.31 bits per heavy atom. The van der Waals surface area contributed by atoms with Crippen molar-refractivity contribution in [1.29, 1.82) is 0 Å². The number of Topliss-reactive ketones (excluding diaryl/α,β-unsaturated/α-hetero) is 1. The largest absolute Gasteiger partial charge is 0.475 e. The molecular formula is C8H10N2O3. The SMILES string of the molecule is CCn1ccc(CC(=O)C(=O)O)n1. The maximum Gasteiger partial charge on any atom is 0.372 e. The van der Waals surface area contributed by atoms with Crippen molar-refractivity contribution in [2.75, 3.05) is 0 Å². The van der Waals surface area contributed by atoms with Gasteiger partial charge in [0.1, 0.15) is 0 Å². The first kappa shape index (κ1) is 9.44. The summed E-state index contributed by atoms with van der Waals surface area (Å²) in [5.41, 5.74) is 0.495. The Bertz CT molecular complexity index is 330. The van der Waals surface area contributed by atoms with Gasteiger partial charge in [-0.1, -0.05) is 0 Å². The number of ketones is 1. The van der Waals surface area contributed by atoms with Crippen LogP contribution < -0.4 is 0 Å². The monoisotopic (exact) mass is 182 g/mol. The Hall–Kier alpha value is -1.65.